The lowest BCUT2D eigenvalue weighted by molar-refractivity contribution is -0.115. The Morgan fingerprint density at radius 1 is 1.20 bits per heavy atom. The molecule has 8 nitrogen and oxygen atoms in total. The molecule has 1 aliphatic carbocycles. The third-order valence-electron chi connectivity index (χ3n) is 3.68. The lowest BCUT2D eigenvalue weighted by Gasteiger charge is -2.18. The van der Waals surface area contributed by atoms with Crippen LogP contribution >= 0.6 is 7.75 Å². The van der Waals surface area contributed by atoms with Gasteiger partial charge in [0.05, 0.1) is 11.3 Å². The van der Waals surface area contributed by atoms with Gasteiger partial charge >= 0.3 is 7.75 Å². The molecule has 0 heterocycles. The number of carbonyl (C=O) groups is 1. The summed E-state index contributed by atoms with van der Waals surface area (Å²) in [5.41, 5.74) is 0.106. The van der Waals surface area contributed by atoms with Gasteiger partial charge < -0.3 is 25.1 Å². The van der Waals surface area contributed by atoms with E-state index in [0.29, 0.717) is 0 Å². The smallest absolute Gasteiger partial charge is 0.448 e. The van der Waals surface area contributed by atoms with E-state index < -0.39 is 19.3 Å². The molecule has 0 fully saturated rings. The van der Waals surface area contributed by atoms with E-state index in [2.05, 4.69) is 4.76 Å². The van der Waals surface area contributed by atoms with Crippen molar-refractivity contribution in [3.63, 3.8) is 0 Å². The second-order valence-corrected chi connectivity index (χ2v) is 6.98. The second kappa shape index (κ2) is 7.23. The predicted molar refractivity (Wildman–Crippen MR) is 90.6 cm³/mol. The van der Waals surface area contributed by atoms with Gasteiger partial charge in [-0.05, 0) is 23.6 Å². The molecule has 1 aromatic carbocycles. The molecule has 1 atom stereocenters. The predicted octanol–water partition coefficient (Wildman–Crippen LogP) is 2.65. The third-order valence-corrected chi connectivity index (χ3v) is 4.18. The van der Waals surface area contributed by atoms with E-state index in [0.717, 1.165) is 11.6 Å². The van der Waals surface area contributed by atoms with Crippen molar-refractivity contribution in [2.75, 3.05) is 0 Å². The first-order valence-electron chi connectivity index (χ1n) is 7.36. The van der Waals surface area contributed by atoms with E-state index in [4.69, 9.17) is 9.79 Å². The molecule has 1 unspecified atom stereocenters. The van der Waals surface area contributed by atoms with E-state index in [9.17, 15) is 24.7 Å². The van der Waals surface area contributed by atoms with Gasteiger partial charge in [-0.3, -0.25) is 4.79 Å². The van der Waals surface area contributed by atoms with Crippen LogP contribution in [0.3, 0.4) is 0 Å². The Kier molecular flexibility index (Phi) is 5.47. The summed E-state index contributed by atoms with van der Waals surface area (Å²) in [6.07, 6.45) is 0.542. The molecule has 0 amide bonds. The normalized spacial score (nSPS) is 18.2. The van der Waals surface area contributed by atoms with Gasteiger partial charge in [-0.2, -0.15) is 4.76 Å². The van der Waals surface area contributed by atoms with Gasteiger partial charge in [0.2, 0.25) is 0 Å². The number of aromatic hydroxyl groups is 1. The molecule has 0 saturated heterocycles. The van der Waals surface area contributed by atoms with Gasteiger partial charge in [-0.1, -0.05) is 19.1 Å². The summed E-state index contributed by atoms with van der Waals surface area (Å²) in [7, 11) is -4.84. The summed E-state index contributed by atoms with van der Waals surface area (Å²) in [6.45, 7) is 1.76. The van der Waals surface area contributed by atoms with Crippen LogP contribution in [0.15, 0.2) is 52.2 Å². The number of hydrogen-bond acceptors (Lipinski definition) is 5. The molecule has 1 aliphatic rings. The van der Waals surface area contributed by atoms with Crippen LogP contribution in [0.4, 0.5) is 0 Å². The molecule has 0 radical (unpaired) electrons. The summed E-state index contributed by atoms with van der Waals surface area (Å²) in [6, 6.07) is 6.27. The number of Topliss-reactive ketones (excluding diaryl/α,β-unsaturated/α-hetero) is 1. The molecule has 1 aromatic rings. The van der Waals surface area contributed by atoms with E-state index in [1.165, 1.54) is 12.1 Å². The van der Waals surface area contributed by atoms with Gasteiger partial charge in [-0.15, -0.1) is 0 Å². The van der Waals surface area contributed by atoms with Crippen molar-refractivity contribution in [2.45, 2.75) is 25.7 Å². The molecular formula is C16H18NO7P. The van der Waals surface area contributed by atoms with Crippen molar-refractivity contribution in [2.24, 2.45) is 4.76 Å². The molecule has 134 valence electrons. The fraction of sp³-hybridized carbons (Fsp3) is 0.250. The molecule has 0 bridgehead atoms. The van der Waals surface area contributed by atoms with Gasteiger partial charge in [0.25, 0.3) is 0 Å². The number of aliphatic hydroxyl groups excluding tert-OH is 2. The minimum Gasteiger partial charge on any atom is -0.512 e. The Morgan fingerprint density at radius 2 is 1.80 bits per heavy atom. The molecule has 0 spiro atoms. The highest BCUT2D eigenvalue weighted by atomic mass is 31.2. The molecule has 0 aromatic heterocycles. The second-order valence-electron chi connectivity index (χ2n) is 5.75. The molecule has 25 heavy (non-hydrogen) atoms. The van der Waals surface area contributed by atoms with E-state index in [1.54, 1.807) is 19.1 Å². The number of aliphatic hydroxyl groups is 2. The Bertz CT molecular complexity index is 817. The third kappa shape index (κ3) is 5.03. The highest BCUT2D eigenvalue weighted by molar-refractivity contribution is 7.50. The van der Waals surface area contributed by atoms with Crippen LogP contribution in [0.5, 0.6) is 5.75 Å². The number of rotatable bonds is 5. The first kappa shape index (κ1) is 18.9. The van der Waals surface area contributed by atoms with Crippen molar-refractivity contribution in [1.82, 2.24) is 0 Å². The van der Waals surface area contributed by atoms with Gasteiger partial charge in [0, 0.05) is 18.9 Å². The standard InChI is InChI=1S/C16H18NO7P/c1-9(10-2-4-11(18)5-3-10)6-14(20)16-13(17-25(22,23)24)7-12(19)8-15(16)21/h2-5,8-9,18-19,21H,6-7H2,1H3,(H2,22,23,24). The summed E-state index contributed by atoms with van der Waals surface area (Å²) in [5.74, 6) is -1.68. The van der Waals surface area contributed by atoms with Crippen molar-refractivity contribution in [1.29, 1.82) is 0 Å². The fourth-order valence-electron chi connectivity index (χ4n) is 2.54. The number of allylic oxidation sites excluding steroid dienone is 3. The average Bonchev–Trinajstić information content (AvgIpc) is 2.45. The molecule has 9 heteroatoms. The first-order chi connectivity index (χ1) is 11.6. The van der Waals surface area contributed by atoms with Crippen LogP contribution in [0.1, 0.15) is 31.2 Å². The maximum absolute atomic E-state index is 12.6. The van der Waals surface area contributed by atoms with Crippen LogP contribution in [0, 0.1) is 0 Å². The average molecular weight is 367 g/mol. The number of carbonyl (C=O) groups excluding carboxylic acids is 1. The molecule has 2 rings (SSSR count). The van der Waals surface area contributed by atoms with E-state index in [-0.39, 0.29) is 41.6 Å². The van der Waals surface area contributed by atoms with Crippen molar-refractivity contribution >= 4 is 19.2 Å². The Labute approximate surface area is 143 Å². The maximum Gasteiger partial charge on any atom is 0.448 e. The SMILES string of the molecule is CC(CC(=O)C1=C(O)C=C(O)CC1=NP(=O)(O)O)c1ccc(O)cc1. The monoisotopic (exact) mass is 367 g/mol. The summed E-state index contributed by atoms with van der Waals surface area (Å²) < 4.78 is 14.3. The van der Waals surface area contributed by atoms with Crippen LogP contribution in [-0.4, -0.2) is 36.6 Å². The minimum absolute atomic E-state index is 0.0566. The minimum atomic E-state index is -4.84. The van der Waals surface area contributed by atoms with Crippen LogP contribution in [-0.2, 0) is 9.36 Å². The zero-order chi connectivity index (χ0) is 18.8. The van der Waals surface area contributed by atoms with Gasteiger partial charge in [0.1, 0.15) is 17.3 Å². The molecule has 5 N–H and O–H groups in total. The van der Waals surface area contributed by atoms with Crippen molar-refractivity contribution < 1.29 is 34.5 Å². The zero-order valence-corrected chi connectivity index (χ0v) is 14.2. The highest BCUT2D eigenvalue weighted by Crippen LogP contribution is 2.39. The lowest BCUT2D eigenvalue weighted by Crippen LogP contribution is -2.21. The number of phenols is 1. The van der Waals surface area contributed by atoms with Crippen LogP contribution in [0.25, 0.3) is 0 Å². The van der Waals surface area contributed by atoms with Crippen LogP contribution < -0.4 is 0 Å². The summed E-state index contributed by atoms with van der Waals surface area (Å²) >= 11 is 0. The van der Waals surface area contributed by atoms with Crippen molar-refractivity contribution in [3.8, 4) is 5.75 Å². The molecule has 0 saturated carbocycles. The van der Waals surface area contributed by atoms with E-state index in [1.807, 2.05) is 0 Å². The number of phenolic OH excluding ortho intramolecular Hbond substituents is 1. The van der Waals surface area contributed by atoms with Gasteiger partial charge in [0.15, 0.2) is 5.78 Å². The highest BCUT2D eigenvalue weighted by Gasteiger charge is 2.29. The van der Waals surface area contributed by atoms with Crippen LogP contribution in [0.2, 0.25) is 0 Å². The number of nitrogens with zero attached hydrogens (tertiary/aromatic N) is 1. The largest absolute Gasteiger partial charge is 0.512 e. The summed E-state index contributed by atoms with van der Waals surface area (Å²) in [4.78, 5) is 30.6. The molecule has 0 aliphatic heterocycles. The Balaban J connectivity index is 2.31. The lowest BCUT2D eigenvalue weighted by atomic mass is 9.88. The fourth-order valence-corrected chi connectivity index (χ4v) is 3.02. The van der Waals surface area contributed by atoms with Crippen molar-refractivity contribution in [3.05, 3.63) is 53.0 Å². The maximum atomic E-state index is 12.6. The number of ketones is 1. The number of benzene rings is 1. The first-order valence-corrected chi connectivity index (χ1v) is 8.93. The van der Waals surface area contributed by atoms with Gasteiger partial charge in [-0.25, -0.2) is 4.57 Å². The van der Waals surface area contributed by atoms with E-state index >= 15 is 0 Å². The molecular weight excluding hydrogens is 349 g/mol. The topological polar surface area (TPSA) is 148 Å². The Morgan fingerprint density at radius 3 is 2.36 bits per heavy atom. The quantitative estimate of drug-likeness (QED) is 0.502. The summed E-state index contributed by atoms with van der Waals surface area (Å²) in [5, 5.41) is 28.8. The Hall–Kier alpha value is -2.41. The number of hydrogen-bond donors (Lipinski definition) is 5. The zero-order valence-electron chi connectivity index (χ0n) is 13.3.